The Hall–Kier alpha value is -0.830. The van der Waals surface area contributed by atoms with Crippen LogP contribution in [0.1, 0.15) is 51.7 Å². The Bertz CT molecular complexity index is 379. The van der Waals surface area contributed by atoms with Gasteiger partial charge in [0.15, 0.2) is 5.89 Å². The lowest BCUT2D eigenvalue weighted by Crippen LogP contribution is -2.08. The van der Waals surface area contributed by atoms with Gasteiger partial charge in [-0.3, -0.25) is 0 Å². The third kappa shape index (κ3) is 2.01. The Morgan fingerprint density at radius 1 is 1.29 bits per heavy atom. The van der Waals surface area contributed by atoms with Crippen molar-refractivity contribution in [2.75, 3.05) is 13.6 Å². The van der Waals surface area contributed by atoms with Crippen LogP contribution in [-0.4, -0.2) is 18.6 Å². The Balaban J connectivity index is 2.00. The van der Waals surface area contributed by atoms with Crippen molar-refractivity contribution in [1.82, 2.24) is 10.3 Å². The van der Waals surface area contributed by atoms with Crippen LogP contribution in [0.25, 0.3) is 0 Å². The van der Waals surface area contributed by atoms with E-state index in [0.29, 0.717) is 16.7 Å². The molecule has 0 aliphatic heterocycles. The molecule has 0 bridgehead atoms. The number of oxazole rings is 1. The molecule has 1 N–H and O–H groups in total. The average molecular weight is 236 g/mol. The minimum absolute atomic E-state index is 0.328. The fourth-order valence-corrected chi connectivity index (χ4v) is 2.90. The fourth-order valence-electron chi connectivity index (χ4n) is 2.90. The monoisotopic (exact) mass is 236 g/mol. The van der Waals surface area contributed by atoms with Gasteiger partial charge in [-0.1, -0.05) is 27.7 Å². The van der Waals surface area contributed by atoms with Gasteiger partial charge in [-0.2, -0.15) is 0 Å². The maximum Gasteiger partial charge on any atom is 0.194 e. The molecule has 0 saturated heterocycles. The Morgan fingerprint density at radius 2 is 1.94 bits per heavy atom. The highest BCUT2D eigenvalue weighted by Crippen LogP contribution is 2.73. The highest BCUT2D eigenvalue weighted by atomic mass is 16.4. The summed E-state index contributed by atoms with van der Waals surface area (Å²) in [6.07, 6.45) is 3.93. The number of aromatic nitrogens is 1. The van der Waals surface area contributed by atoms with Gasteiger partial charge in [0.05, 0.1) is 6.20 Å². The van der Waals surface area contributed by atoms with Crippen molar-refractivity contribution in [1.29, 1.82) is 0 Å². The summed E-state index contributed by atoms with van der Waals surface area (Å²) in [6.45, 7) is 10.2. The normalized spacial score (nSPS) is 21.7. The van der Waals surface area contributed by atoms with Crippen LogP contribution in [0, 0.1) is 10.8 Å². The molecule has 1 heterocycles. The lowest BCUT2D eigenvalue weighted by atomic mass is 10.0. The second kappa shape index (κ2) is 4.13. The van der Waals surface area contributed by atoms with Crippen molar-refractivity contribution in [2.24, 2.45) is 10.8 Å². The molecule has 0 spiro atoms. The largest absolute Gasteiger partial charge is 0.445 e. The van der Waals surface area contributed by atoms with E-state index in [1.807, 2.05) is 13.2 Å². The summed E-state index contributed by atoms with van der Waals surface area (Å²) in [5.74, 6) is 2.47. The van der Waals surface area contributed by atoms with E-state index in [1.165, 1.54) is 0 Å². The number of hydrogen-bond acceptors (Lipinski definition) is 3. The first-order valence-electron chi connectivity index (χ1n) is 6.50. The van der Waals surface area contributed by atoms with E-state index in [-0.39, 0.29) is 0 Å². The molecule has 3 heteroatoms. The van der Waals surface area contributed by atoms with Crippen LogP contribution >= 0.6 is 0 Å². The number of nitrogens with one attached hydrogen (secondary N) is 1. The molecule has 1 aromatic heterocycles. The quantitative estimate of drug-likeness (QED) is 0.799. The van der Waals surface area contributed by atoms with Gasteiger partial charge in [-0.15, -0.1) is 0 Å². The topological polar surface area (TPSA) is 38.1 Å². The molecular weight excluding hydrogens is 212 g/mol. The molecule has 1 saturated carbocycles. The summed E-state index contributed by atoms with van der Waals surface area (Å²) >= 11 is 0. The van der Waals surface area contributed by atoms with Crippen LogP contribution in [0.3, 0.4) is 0 Å². The second-order valence-corrected chi connectivity index (χ2v) is 6.24. The van der Waals surface area contributed by atoms with Gasteiger partial charge in [0.25, 0.3) is 0 Å². The van der Waals surface area contributed by atoms with Gasteiger partial charge < -0.3 is 9.73 Å². The summed E-state index contributed by atoms with van der Waals surface area (Å²) in [5, 5.41) is 3.14. The van der Waals surface area contributed by atoms with Gasteiger partial charge in [0.2, 0.25) is 0 Å². The number of aryl methyl sites for hydroxylation is 1. The molecule has 0 aromatic carbocycles. The summed E-state index contributed by atoms with van der Waals surface area (Å²) in [4.78, 5) is 4.39. The number of rotatable bonds is 5. The first-order valence-corrected chi connectivity index (χ1v) is 6.50. The molecule has 1 aromatic rings. The molecule has 0 unspecified atom stereocenters. The SMILES string of the molecule is CNCCCc1ncc(C2C(C)(C)C2(C)C)o1. The predicted octanol–water partition coefficient (Wildman–Crippen LogP) is 2.98. The van der Waals surface area contributed by atoms with Gasteiger partial charge in [-0.25, -0.2) is 4.98 Å². The highest BCUT2D eigenvalue weighted by Gasteiger charge is 2.66. The van der Waals surface area contributed by atoms with E-state index in [4.69, 9.17) is 4.42 Å². The predicted molar refractivity (Wildman–Crippen MR) is 69.1 cm³/mol. The molecular formula is C14H24N2O. The third-order valence-electron chi connectivity index (χ3n) is 4.69. The molecule has 3 nitrogen and oxygen atoms in total. The van der Waals surface area contributed by atoms with E-state index in [9.17, 15) is 0 Å². The molecule has 96 valence electrons. The maximum absolute atomic E-state index is 5.89. The molecule has 1 fully saturated rings. The standard InChI is InChI=1S/C14H24N2O/c1-13(2)12(14(13,3)4)10-9-16-11(17-10)7-6-8-15-5/h9,12,15H,6-8H2,1-5H3. The van der Waals surface area contributed by atoms with Gasteiger partial charge in [0, 0.05) is 12.3 Å². The van der Waals surface area contributed by atoms with E-state index in [1.54, 1.807) is 0 Å². The lowest BCUT2D eigenvalue weighted by molar-refractivity contribution is 0.432. The minimum Gasteiger partial charge on any atom is -0.445 e. The van der Waals surface area contributed by atoms with Crippen molar-refractivity contribution < 1.29 is 4.42 Å². The van der Waals surface area contributed by atoms with Crippen molar-refractivity contribution in [2.45, 2.75) is 46.5 Å². The van der Waals surface area contributed by atoms with Crippen molar-refractivity contribution in [3.8, 4) is 0 Å². The van der Waals surface area contributed by atoms with E-state index >= 15 is 0 Å². The molecule has 2 rings (SSSR count). The number of nitrogens with zero attached hydrogens (tertiary/aromatic N) is 1. The highest BCUT2D eigenvalue weighted by molar-refractivity contribution is 5.27. The van der Waals surface area contributed by atoms with Gasteiger partial charge in [-0.05, 0) is 30.8 Å². The Kier molecular flexibility index (Phi) is 3.06. The van der Waals surface area contributed by atoms with Crippen molar-refractivity contribution in [3.05, 3.63) is 17.8 Å². The number of hydrogen-bond donors (Lipinski definition) is 1. The summed E-state index contributed by atoms with van der Waals surface area (Å²) in [7, 11) is 1.97. The van der Waals surface area contributed by atoms with Crippen LogP contribution in [0.5, 0.6) is 0 Å². The first-order chi connectivity index (χ1) is 7.91. The van der Waals surface area contributed by atoms with Crippen LogP contribution < -0.4 is 5.32 Å². The Morgan fingerprint density at radius 3 is 2.47 bits per heavy atom. The van der Waals surface area contributed by atoms with E-state index in [2.05, 4.69) is 38.0 Å². The van der Waals surface area contributed by atoms with Crippen molar-refractivity contribution >= 4 is 0 Å². The summed E-state index contributed by atoms with van der Waals surface area (Å²) < 4.78 is 5.89. The summed E-state index contributed by atoms with van der Waals surface area (Å²) in [6, 6.07) is 0. The smallest absolute Gasteiger partial charge is 0.194 e. The van der Waals surface area contributed by atoms with Crippen LogP contribution in [0.4, 0.5) is 0 Å². The van der Waals surface area contributed by atoms with Gasteiger partial charge in [0.1, 0.15) is 5.76 Å². The third-order valence-corrected chi connectivity index (χ3v) is 4.69. The molecule has 1 aliphatic carbocycles. The zero-order chi connectivity index (χ0) is 12.7. The maximum atomic E-state index is 5.89. The first kappa shape index (κ1) is 12.6. The lowest BCUT2D eigenvalue weighted by Gasteiger charge is -2.03. The van der Waals surface area contributed by atoms with Gasteiger partial charge >= 0.3 is 0 Å². The average Bonchev–Trinajstić information content (AvgIpc) is 2.60. The molecule has 0 radical (unpaired) electrons. The second-order valence-electron chi connectivity index (χ2n) is 6.24. The minimum atomic E-state index is 0.328. The zero-order valence-electron chi connectivity index (χ0n) is 11.6. The van der Waals surface area contributed by atoms with E-state index < -0.39 is 0 Å². The van der Waals surface area contributed by atoms with Crippen molar-refractivity contribution in [3.63, 3.8) is 0 Å². The van der Waals surface area contributed by atoms with Crippen LogP contribution in [0.15, 0.2) is 10.6 Å². The van der Waals surface area contributed by atoms with Crippen LogP contribution in [-0.2, 0) is 6.42 Å². The summed E-state index contributed by atoms with van der Waals surface area (Å²) in [5.41, 5.74) is 0.656. The molecule has 0 amide bonds. The van der Waals surface area contributed by atoms with E-state index in [0.717, 1.165) is 31.0 Å². The molecule has 17 heavy (non-hydrogen) atoms. The molecule has 0 atom stereocenters. The zero-order valence-corrected chi connectivity index (χ0v) is 11.6. The van der Waals surface area contributed by atoms with Crippen LogP contribution in [0.2, 0.25) is 0 Å². The fraction of sp³-hybridized carbons (Fsp3) is 0.786. The Labute approximate surface area is 104 Å². The molecule has 1 aliphatic rings.